The van der Waals surface area contributed by atoms with Gasteiger partial charge in [-0.2, -0.15) is 0 Å². The predicted octanol–water partition coefficient (Wildman–Crippen LogP) is 4.44. The molecule has 1 aromatic carbocycles. The van der Waals surface area contributed by atoms with Crippen LogP contribution in [0.4, 0.5) is 11.4 Å². The molecule has 0 spiro atoms. The maximum Gasteiger partial charge on any atom is 0.250 e. The Labute approximate surface area is 182 Å². The number of carbonyl (C=O) groups excluding carboxylic acids is 2. The van der Waals surface area contributed by atoms with Gasteiger partial charge in [-0.05, 0) is 49.4 Å². The number of ether oxygens (including phenoxy) is 1. The van der Waals surface area contributed by atoms with Gasteiger partial charge in [0.15, 0.2) is 0 Å². The third-order valence-electron chi connectivity index (χ3n) is 6.09. The number of hydrogen-bond donors (Lipinski definition) is 1. The van der Waals surface area contributed by atoms with E-state index in [1.165, 1.54) is 26.4 Å². The summed E-state index contributed by atoms with van der Waals surface area (Å²) >= 11 is 0. The molecule has 168 valence electrons. The van der Waals surface area contributed by atoms with E-state index in [4.69, 9.17) is 4.74 Å². The van der Waals surface area contributed by atoms with Crippen LogP contribution in [0.2, 0.25) is 0 Å². The molecule has 6 nitrogen and oxygen atoms in total. The van der Waals surface area contributed by atoms with Crippen LogP contribution < -0.4 is 10.2 Å². The van der Waals surface area contributed by atoms with E-state index in [0.29, 0.717) is 12.6 Å². The second-order valence-corrected chi connectivity index (χ2v) is 8.49. The lowest BCUT2D eigenvalue weighted by Crippen LogP contribution is -2.44. The van der Waals surface area contributed by atoms with Gasteiger partial charge in [-0.1, -0.05) is 33.1 Å². The largest absolute Gasteiger partial charge is 0.377 e. The van der Waals surface area contributed by atoms with E-state index in [1.807, 2.05) is 32.3 Å². The summed E-state index contributed by atoms with van der Waals surface area (Å²) in [4.78, 5) is 29.6. The van der Waals surface area contributed by atoms with Crippen molar-refractivity contribution < 1.29 is 14.3 Å². The molecule has 1 fully saturated rings. The molecule has 6 heteroatoms. The average Bonchev–Trinajstić information content (AvgIpc) is 2.73. The number of methoxy groups -OCH3 is 1. The third-order valence-corrected chi connectivity index (χ3v) is 6.09. The van der Waals surface area contributed by atoms with Gasteiger partial charge in [-0.25, -0.2) is 0 Å². The lowest BCUT2D eigenvalue weighted by atomic mass is 9.91. The fourth-order valence-electron chi connectivity index (χ4n) is 4.39. The van der Waals surface area contributed by atoms with Gasteiger partial charge in [0.05, 0.1) is 0 Å². The molecule has 0 saturated heterocycles. The van der Waals surface area contributed by atoms with Crippen molar-refractivity contribution >= 4 is 23.2 Å². The molecule has 0 bridgehead atoms. The Bertz CT molecular complexity index is 695. The van der Waals surface area contributed by atoms with Crippen molar-refractivity contribution in [1.82, 2.24) is 4.90 Å². The van der Waals surface area contributed by atoms with Crippen molar-refractivity contribution in [3.8, 4) is 0 Å². The zero-order chi connectivity index (χ0) is 22.1. The monoisotopic (exact) mass is 417 g/mol. The molecule has 1 aromatic rings. The highest BCUT2D eigenvalue weighted by Gasteiger charge is 2.30. The first-order valence-electron chi connectivity index (χ1n) is 11.3. The average molecular weight is 418 g/mol. The predicted molar refractivity (Wildman–Crippen MR) is 123 cm³/mol. The van der Waals surface area contributed by atoms with E-state index < -0.39 is 0 Å². The van der Waals surface area contributed by atoms with E-state index in [9.17, 15) is 9.59 Å². The zero-order valence-electron chi connectivity index (χ0n) is 19.4. The molecule has 0 aromatic heterocycles. The summed E-state index contributed by atoms with van der Waals surface area (Å²) in [6, 6.07) is 6.21. The van der Waals surface area contributed by atoms with Gasteiger partial charge in [0.1, 0.15) is 6.61 Å². The summed E-state index contributed by atoms with van der Waals surface area (Å²) in [5.41, 5.74) is 2.86. The Balaban J connectivity index is 2.35. The highest BCUT2D eigenvalue weighted by atomic mass is 16.5. The topological polar surface area (TPSA) is 61.9 Å². The minimum Gasteiger partial charge on any atom is -0.377 e. The van der Waals surface area contributed by atoms with Gasteiger partial charge < -0.3 is 19.9 Å². The third kappa shape index (κ3) is 6.46. The van der Waals surface area contributed by atoms with Crippen LogP contribution >= 0.6 is 0 Å². The Morgan fingerprint density at radius 2 is 1.80 bits per heavy atom. The molecule has 0 aliphatic heterocycles. The normalized spacial score (nSPS) is 14.6. The van der Waals surface area contributed by atoms with Gasteiger partial charge in [0.2, 0.25) is 11.8 Å². The first-order valence-corrected chi connectivity index (χ1v) is 11.3. The van der Waals surface area contributed by atoms with Crippen molar-refractivity contribution in [1.29, 1.82) is 0 Å². The number of rotatable bonds is 10. The summed E-state index contributed by atoms with van der Waals surface area (Å²) in [6.45, 7) is 4.79. The Kier molecular flexibility index (Phi) is 9.63. The van der Waals surface area contributed by atoms with Crippen LogP contribution in [-0.2, 0) is 20.9 Å². The molecule has 2 rings (SSSR count). The molecule has 0 radical (unpaired) electrons. The minimum atomic E-state index is -0.182. The zero-order valence-corrected chi connectivity index (χ0v) is 19.4. The molecular weight excluding hydrogens is 378 g/mol. The minimum absolute atomic E-state index is 0.0200. The number of anilines is 2. The van der Waals surface area contributed by atoms with Gasteiger partial charge in [0, 0.05) is 51.1 Å². The highest BCUT2D eigenvalue weighted by Crippen LogP contribution is 2.30. The first-order chi connectivity index (χ1) is 14.4. The molecule has 1 N–H and O–H groups in total. The van der Waals surface area contributed by atoms with Crippen molar-refractivity contribution in [3.05, 3.63) is 23.8 Å². The number of benzene rings is 1. The van der Waals surface area contributed by atoms with E-state index >= 15 is 0 Å². The SMILES string of the molecule is CCC(CC)C(=O)N(Cc1cc(NC(=O)COC)ccc1N(C)C)C1CCCCC1. The van der Waals surface area contributed by atoms with Crippen LogP contribution in [0, 0.1) is 5.92 Å². The van der Waals surface area contributed by atoms with Crippen LogP contribution in [0.3, 0.4) is 0 Å². The molecule has 0 atom stereocenters. The van der Waals surface area contributed by atoms with Crippen molar-refractivity contribution in [2.45, 2.75) is 71.4 Å². The summed E-state index contributed by atoms with van der Waals surface area (Å²) in [6.07, 6.45) is 7.52. The number of carbonyl (C=O) groups is 2. The lowest BCUT2D eigenvalue weighted by Gasteiger charge is -2.37. The molecule has 1 aliphatic carbocycles. The van der Waals surface area contributed by atoms with Gasteiger partial charge in [0.25, 0.3) is 0 Å². The van der Waals surface area contributed by atoms with E-state index in [1.54, 1.807) is 0 Å². The first kappa shape index (κ1) is 24.2. The molecule has 2 amide bonds. The van der Waals surface area contributed by atoms with Crippen LogP contribution in [0.25, 0.3) is 0 Å². The van der Waals surface area contributed by atoms with Crippen molar-refractivity contribution in [2.75, 3.05) is 38.0 Å². The summed E-state index contributed by atoms with van der Waals surface area (Å²) < 4.78 is 4.92. The smallest absolute Gasteiger partial charge is 0.250 e. The van der Waals surface area contributed by atoms with Gasteiger partial charge >= 0.3 is 0 Å². The maximum atomic E-state index is 13.5. The standard InChI is InChI=1S/C24H39N3O3/c1-6-18(7-2)24(29)27(21-11-9-8-10-12-21)16-19-15-20(25-23(28)17-30-5)13-14-22(19)26(3)4/h13-15,18,21H,6-12,16-17H2,1-5H3,(H,25,28). The lowest BCUT2D eigenvalue weighted by molar-refractivity contribution is -0.139. The van der Waals surface area contributed by atoms with Crippen molar-refractivity contribution in [2.24, 2.45) is 5.92 Å². The Hall–Kier alpha value is -2.08. The van der Waals surface area contributed by atoms with E-state index in [-0.39, 0.29) is 24.3 Å². The molecular formula is C24H39N3O3. The number of amides is 2. The molecule has 1 saturated carbocycles. The quantitative estimate of drug-likeness (QED) is 0.612. The second kappa shape index (κ2) is 11.9. The number of nitrogens with zero attached hydrogens (tertiary/aromatic N) is 2. The fraction of sp³-hybridized carbons (Fsp3) is 0.667. The van der Waals surface area contributed by atoms with Crippen LogP contribution in [-0.4, -0.2) is 50.6 Å². The number of nitrogens with one attached hydrogen (secondary N) is 1. The summed E-state index contributed by atoms with van der Waals surface area (Å²) in [5, 5.41) is 2.89. The van der Waals surface area contributed by atoms with Gasteiger partial charge in [-0.3, -0.25) is 9.59 Å². The van der Waals surface area contributed by atoms with Crippen LogP contribution in [0.5, 0.6) is 0 Å². The van der Waals surface area contributed by atoms with E-state index in [0.717, 1.165) is 42.6 Å². The second-order valence-electron chi connectivity index (χ2n) is 8.49. The molecule has 30 heavy (non-hydrogen) atoms. The fourth-order valence-corrected chi connectivity index (χ4v) is 4.39. The number of hydrogen-bond acceptors (Lipinski definition) is 4. The maximum absolute atomic E-state index is 13.5. The van der Waals surface area contributed by atoms with Crippen LogP contribution in [0.1, 0.15) is 64.4 Å². The molecule has 0 heterocycles. The molecule has 1 aliphatic rings. The molecule has 0 unspecified atom stereocenters. The van der Waals surface area contributed by atoms with Crippen LogP contribution in [0.15, 0.2) is 18.2 Å². The Morgan fingerprint density at radius 3 is 2.37 bits per heavy atom. The van der Waals surface area contributed by atoms with Crippen molar-refractivity contribution in [3.63, 3.8) is 0 Å². The van der Waals surface area contributed by atoms with E-state index in [2.05, 4.69) is 29.0 Å². The van der Waals surface area contributed by atoms with Gasteiger partial charge in [-0.15, -0.1) is 0 Å². The summed E-state index contributed by atoms with van der Waals surface area (Å²) in [7, 11) is 5.52. The Morgan fingerprint density at radius 1 is 1.13 bits per heavy atom. The summed E-state index contributed by atoms with van der Waals surface area (Å²) in [5.74, 6) is 0.156. The highest BCUT2D eigenvalue weighted by molar-refractivity contribution is 5.92.